The molecule has 0 atom stereocenters. The molecular weight excluding hydrogens is 428 g/mol. The topological polar surface area (TPSA) is 120 Å². The third-order valence-electron chi connectivity index (χ3n) is 4.70. The molecule has 0 heterocycles. The molecule has 0 aliphatic carbocycles. The number of ether oxygens (including phenoxy) is 3. The maximum atomic E-state index is 11.8. The molecule has 0 spiro atoms. The van der Waals surface area contributed by atoms with Crippen molar-refractivity contribution < 1.29 is 33.4 Å². The summed E-state index contributed by atoms with van der Waals surface area (Å²) in [7, 11) is 0. The summed E-state index contributed by atoms with van der Waals surface area (Å²) in [5.41, 5.74) is -0.720. The molecule has 0 fully saturated rings. The molecule has 0 aliphatic heterocycles. The van der Waals surface area contributed by atoms with Crippen molar-refractivity contribution in [1.29, 1.82) is 0 Å². The van der Waals surface area contributed by atoms with Gasteiger partial charge >= 0.3 is 0 Å². The summed E-state index contributed by atoms with van der Waals surface area (Å²) in [6, 6.07) is 0. The third-order valence-corrected chi connectivity index (χ3v) is 4.70. The fourth-order valence-electron chi connectivity index (χ4n) is 2.42. The van der Waals surface area contributed by atoms with E-state index in [4.69, 9.17) is 14.2 Å². The van der Waals surface area contributed by atoms with Crippen molar-refractivity contribution in [2.45, 2.75) is 67.2 Å². The first-order chi connectivity index (χ1) is 15.3. The summed E-state index contributed by atoms with van der Waals surface area (Å²) in [6.07, 6.45) is 1.13. The van der Waals surface area contributed by atoms with Crippen molar-refractivity contribution in [2.75, 3.05) is 52.7 Å². The molecule has 2 N–H and O–H groups in total. The van der Waals surface area contributed by atoms with Gasteiger partial charge in [-0.05, 0) is 0 Å². The number of amides is 2. The number of ketones is 2. The van der Waals surface area contributed by atoms with Crippen molar-refractivity contribution in [3.8, 4) is 0 Å². The Hall–Kier alpha value is -1.84. The number of carbonyl (C=O) groups is 4. The van der Waals surface area contributed by atoms with Gasteiger partial charge in [0.2, 0.25) is 11.8 Å². The predicted octanol–water partition coefficient (Wildman–Crippen LogP) is 2.06. The average Bonchev–Trinajstić information content (AvgIpc) is 2.70. The number of hydrogen-bond acceptors (Lipinski definition) is 7. The van der Waals surface area contributed by atoms with Crippen LogP contribution in [0.25, 0.3) is 0 Å². The van der Waals surface area contributed by atoms with Crippen LogP contribution in [0.5, 0.6) is 0 Å². The average molecular weight is 473 g/mol. The second kappa shape index (κ2) is 16.7. The lowest BCUT2D eigenvalue weighted by atomic mass is 9.89. The zero-order chi connectivity index (χ0) is 25.3. The van der Waals surface area contributed by atoms with E-state index in [1.807, 2.05) is 41.5 Å². The summed E-state index contributed by atoms with van der Waals surface area (Å²) < 4.78 is 16.0. The zero-order valence-corrected chi connectivity index (χ0v) is 21.3. The molecule has 0 radical (unpaired) electrons. The number of nitrogens with one attached hydrogen (secondary N) is 2. The highest BCUT2D eigenvalue weighted by Gasteiger charge is 2.21. The van der Waals surface area contributed by atoms with Crippen LogP contribution in [-0.2, 0) is 33.4 Å². The second-order valence-corrected chi connectivity index (χ2v) is 9.88. The first-order valence-electron chi connectivity index (χ1n) is 11.7. The molecule has 9 heteroatoms. The first kappa shape index (κ1) is 31.2. The van der Waals surface area contributed by atoms with Crippen LogP contribution in [-0.4, -0.2) is 76.1 Å². The van der Waals surface area contributed by atoms with E-state index in [0.29, 0.717) is 52.4 Å². The van der Waals surface area contributed by atoms with E-state index in [-0.39, 0.29) is 60.3 Å². The molecule has 0 saturated carbocycles. The fraction of sp³-hybridized carbons (Fsp3) is 0.833. The van der Waals surface area contributed by atoms with Crippen LogP contribution >= 0.6 is 0 Å². The first-order valence-corrected chi connectivity index (χ1v) is 11.7. The molecule has 192 valence electrons. The Bertz CT molecular complexity index is 555. The Morgan fingerprint density at radius 1 is 0.515 bits per heavy atom. The van der Waals surface area contributed by atoms with Crippen molar-refractivity contribution in [3.63, 3.8) is 0 Å². The minimum absolute atomic E-state index is 0.148. The van der Waals surface area contributed by atoms with E-state index >= 15 is 0 Å². The molecule has 33 heavy (non-hydrogen) atoms. The molecule has 0 saturated heterocycles. The van der Waals surface area contributed by atoms with Gasteiger partial charge in [-0.2, -0.15) is 0 Å². The molecule has 0 aromatic rings. The van der Waals surface area contributed by atoms with Gasteiger partial charge in [-0.1, -0.05) is 41.5 Å². The zero-order valence-electron chi connectivity index (χ0n) is 21.3. The maximum absolute atomic E-state index is 11.8. The molecule has 0 aromatic carbocycles. The molecule has 2 amide bonds. The van der Waals surface area contributed by atoms with Gasteiger partial charge in [0.15, 0.2) is 0 Å². The SMILES string of the molecule is CC(C)(C)C(=O)CCOCCNC(=O)CCOCCC(=O)NCCOCCC(=O)C(C)(C)C. The minimum atomic E-state index is -0.360. The van der Waals surface area contributed by atoms with Crippen molar-refractivity contribution >= 4 is 23.4 Å². The Kier molecular flexibility index (Phi) is 15.8. The van der Waals surface area contributed by atoms with Gasteiger partial charge in [0.25, 0.3) is 0 Å². The van der Waals surface area contributed by atoms with E-state index < -0.39 is 0 Å². The molecule has 0 bridgehead atoms. The van der Waals surface area contributed by atoms with Crippen LogP contribution in [0.4, 0.5) is 0 Å². The third kappa shape index (κ3) is 18.3. The van der Waals surface area contributed by atoms with Crippen LogP contribution in [0.3, 0.4) is 0 Å². The van der Waals surface area contributed by atoms with Gasteiger partial charge in [0.1, 0.15) is 11.6 Å². The van der Waals surface area contributed by atoms with Crippen LogP contribution in [0, 0.1) is 10.8 Å². The summed E-state index contributed by atoms with van der Waals surface area (Å²) in [4.78, 5) is 46.9. The van der Waals surface area contributed by atoms with Crippen molar-refractivity contribution in [1.82, 2.24) is 10.6 Å². The molecule has 0 aliphatic rings. The Balaban J connectivity index is 3.52. The number of rotatable bonds is 18. The largest absolute Gasteiger partial charge is 0.380 e. The summed E-state index contributed by atoms with van der Waals surface area (Å²) in [6.45, 7) is 13.8. The highest BCUT2D eigenvalue weighted by molar-refractivity contribution is 5.84. The highest BCUT2D eigenvalue weighted by atomic mass is 16.5. The normalized spacial score (nSPS) is 11.8. The fourth-order valence-corrected chi connectivity index (χ4v) is 2.42. The van der Waals surface area contributed by atoms with Crippen molar-refractivity contribution in [2.24, 2.45) is 10.8 Å². The van der Waals surface area contributed by atoms with Crippen LogP contribution in [0.1, 0.15) is 67.2 Å². The number of Topliss-reactive ketones (excluding diaryl/α,β-unsaturated/α-hetero) is 2. The number of hydrogen-bond donors (Lipinski definition) is 2. The smallest absolute Gasteiger partial charge is 0.222 e. The van der Waals surface area contributed by atoms with Gasteiger partial charge in [0.05, 0.1) is 39.6 Å². The number of carbonyl (C=O) groups excluding carboxylic acids is 4. The summed E-state index contributed by atoms with van der Waals surface area (Å²) in [5, 5.41) is 5.43. The molecule has 9 nitrogen and oxygen atoms in total. The van der Waals surface area contributed by atoms with Crippen LogP contribution in [0.15, 0.2) is 0 Å². The van der Waals surface area contributed by atoms with E-state index in [1.165, 1.54) is 0 Å². The summed E-state index contributed by atoms with van der Waals surface area (Å²) >= 11 is 0. The van der Waals surface area contributed by atoms with Gasteiger partial charge in [0, 0.05) is 49.6 Å². The van der Waals surface area contributed by atoms with Gasteiger partial charge in [-0.15, -0.1) is 0 Å². The molecule has 0 aromatic heterocycles. The quantitative estimate of drug-likeness (QED) is 0.293. The maximum Gasteiger partial charge on any atom is 0.222 e. The Labute approximate surface area is 198 Å². The monoisotopic (exact) mass is 472 g/mol. The summed E-state index contributed by atoms with van der Waals surface area (Å²) in [5.74, 6) is -0.0168. The Morgan fingerprint density at radius 3 is 1.15 bits per heavy atom. The second-order valence-electron chi connectivity index (χ2n) is 9.88. The lowest BCUT2D eigenvalue weighted by Crippen LogP contribution is -2.29. The lowest BCUT2D eigenvalue weighted by molar-refractivity contribution is -0.128. The van der Waals surface area contributed by atoms with Crippen LogP contribution < -0.4 is 10.6 Å². The highest BCUT2D eigenvalue weighted by Crippen LogP contribution is 2.17. The van der Waals surface area contributed by atoms with E-state index in [1.54, 1.807) is 0 Å². The van der Waals surface area contributed by atoms with E-state index in [0.717, 1.165) is 0 Å². The van der Waals surface area contributed by atoms with Gasteiger partial charge in [-0.3, -0.25) is 19.2 Å². The predicted molar refractivity (Wildman–Crippen MR) is 126 cm³/mol. The van der Waals surface area contributed by atoms with E-state index in [9.17, 15) is 19.2 Å². The standard InChI is InChI=1S/C24H44N2O7/c1-23(2,3)19(27)7-13-32-17-11-25-21(29)9-15-31-16-10-22(30)26-12-18-33-14-8-20(28)24(4,5)6/h7-18H2,1-6H3,(H,25,29)(H,26,30). The molecule has 0 unspecified atom stereocenters. The van der Waals surface area contributed by atoms with Crippen molar-refractivity contribution in [3.05, 3.63) is 0 Å². The lowest BCUT2D eigenvalue weighted by Gasteiger charge is -2.16. The Morgan fingerprint density at radius 2 is 0.818 bits per heavy atom. The van der Waals surface area contributed by atoms with Gasteiger partial charge < -0.3 is 24.8 Å². The van der Waals surface area contributed by atoms with Crippen LogP contribution in [0.2, 0.25) is 0 Å². The van der Waals surface area contributed by atoms with Gasteiger partial charge in [-0.25, -0.2) is 0 Å². The minimum Gasteiger partial charge on any atom is -0.380 e. The molecule has 0 rings (SSSR count). The van der Waals surface area contributed by atoms with E-state index in [2.05, 4.69) is 10.6 Å². The molecular formula is C24H44N2O7.